The number of para-hydroxylation sites is 1. The zero-order valence-corrected chi connectivity index (χ0v) is 10.6. The standard InChI is InChI=1S/C13H15N3O3/c1-15(9-11-5-3-7-19-11)8-10-4-2-6-12(13(10)14)16(17)18/h2-7H,8-9,14H2,1H3. The summed E-state index contributed by atoms with van der Waals surface area (Å²) >= 11 is 0. The fraction of sp³-hybridized carbons (Fsp3) is 0.231. The van der Waals surface area contributed by atoms with E-state index in [1.165, 1.54) is 6.07 Å². The predicted molar refractivity (Wildman–Crippen MR) is 71.4 cm³/mol. The van der Waals surface area contributed by atoms with Gasteiger partial charge < -0.3 is 10.2 Å². The molecule has 0 amide bonds. The Labute approximate surface area is 110 Å². The molecule has 0 spiro atoms. The SMILES string of the molecule is CN(Cc1ccco1)Cc1cccc([N+](=O)[O-])c1N. The molecule has 6 nitrogen and oxygen atoms in total. The number of nitrogens with zero attached hydrogens (tertiary/aromatic N) is 2. The van der Waals surface area contributed by atoms with Crippen molar-refractivity contribution >= 4 is 11.4 Å². The second-order valence-electron chi connectivity index (χ2n) is 4.36. The summed E-state index contributed by atoms with van der Waals surface area (Å²) in [5.41, 5.74) is 6.72. The Kier molecular flexibility index (Phi) is 3.82. The minimum atomic E-state index is -0.467. The number of nitro groups is 1. The summed E-state index contributed by atoms with van der Waals surface area (Å²) < 4.78 is 5.25. The molecule has 1 aromatic heterocycles. The van der Waals surface area contributed by atoms with Crippen LogP contribution in [-0.4, -0.2) is 16.9 Å². The van der Waals surface area contributed by atoms with Crippen LogP contribution >= 0.6 is 0 Å². The molecular formula is C13H15N3O3. The molecule has 0 aliphatic carbocycles. The molecule has 100 valence electrons. The maximum atomic E-state index is 10.8. The smallest absolute Gasteiger partial charge is 0.292 e. The zero-order valence-electron chi connectivity index (χ0n) is 10.6. The van der Waals surface area contributed by atoms with Gasteiger partial charge in [0.05, 0.1) is 17.7 Å². The normalized spacial score (nSPS) is 10.8. The van der Waals surface area contributed by atoms with E-state index in [1.807, 2.05) is 24.1 Å². The lowest BCUT2D eigenvalue weighted by Gasteiger charge is -2.16. The molecule has 2 rings (SSSR count). The lowest BCUT2D eigenvalue weighted by molar-refractivity contribution is -0.384. The van der Waals surface area contributed by atoms with Crippen molar-refractivity contribution in [1.29, 1.82) is 0 Å². The molecule has 0 saturated heterocycles. The van der Waals surface area contributed by atoms with Crippen LogP contribution in [0, 0.1) is 10.1 Å². The topological polar surface area (TPSA) is 85.5 Å². The highest BCUT2D eigenvalue weighted by atomic mass is 16.6. The summed E-state index contributed by atoms with van der Waals surface area (Å²) in [6.45, 7) is 1.14. The number of nitro benzene ring substituents is 1. The van der Waals surface area contributed by atoms with E-state index in [-0.39, 0.29) is 11.4 Å². The van der Waals surface area contributed by atoms with Crippen molar-refractivity contribution in [1.82, 2.24) is 4.90 Å². The summed E-state index contributed by atoms with van der Waals surface area (Å²) in [5, 5.41) is 10.8. The van der Waals surface area contributed by atoms with E-state index < -0.39 is 4.92 Å². The van der Waals surface area contributed by atoms with Crippen LogP contribution in [-0.2, 0) is 13.1 Å². The van der Waals surface area contributed by atoms with E-state index >= 15 is 0 Å². The largest absolute Gasteiger partial charge is 0.468 e. The summed E-state index contributed by atoms with van der Waals surface area (Å²) in [5.74, 6) is 0.839. The van der Waals surface area contributed by atoms with Crippen LogP contribution in [0.1, 0.15) is 11.3 Å². The van der Waals surface area contributed by atoms with Crippen LogP contribution in [0.15, 0.2) is 41.0 Å². The van der Waals surface area contributed by atoms with Crippen LogP contribution < -0.4 is 5.73 Å². The van der Waals surface area contributed by atoms with Gasteiger partial charge in [0.15, 0.2) is 0 Å². The quantitative estimate of drug-likeness (QED) is 0.507. The second kappa shape index (κ2) is 5.53. The summed E-state index contributed by atoms with van der Waals surface area (Å²) in [6.07, 6.45) is 1.62. The Morgan fingerprint density at radius 1 is 1.32 bits per heavy atom. The number of hydrogen-bond donors (Lipinski definition) is 1. The Morgan fingerprint density at radius 2 is 2.11 bits per heavy atom. The minimum absolute atomic E-state index is 0.0519. The summed E-state index contributed by atoms with van der Waals surface area (Å²) in [6, 6.07) is 8.55. The van der Waals surface area contributed by atoms with Crippen molar-refractivity contribution in [3.05, 3.63) is 58.0 Å². The van der Waals surface area contributed by atoms with Crippen LogP contribution in [0.3, 0.4) is 0 Å². The maximum absolute atomic E-state index is 10.8. The minimum Gasteiger partial charge on any atom is -0.468 e. The number of rotatable bonds is 5. The average Bonchev–Trinajstić information content (AvgIpc) is 2.84. The fourth-order valence-electron chi connectivity index (χ4n) is 1.91. The number of anilines is 1. The highest BCUT2D eigenvalue weighted by Gasteiger charge is 2.15. The number of hydrogen-bond acceptors (Lipinski definition) is 5. The van der Waals surface area contributed by atoms with E-state index in [9.17, 15) is 10.1 Å². The van der Waals surface area contributed by atoms with E-state index in [0.29, 0.717) is 13.1 Å². The monoisotopic (exact) mass is 261 g/mol. The second-order valence-corrected chi connectivity index (χ2v) is 4.36. The molecule has 2 N–H and O–H groups in total. The molecule has 0 fully saturated rings. The lowest BCUT2D eigenvalue weighted by atomic mass is 10.1. The predicted octanol–water partition coefficient (Wildman–Crippen LogP) is 2.40. The van der Waals surface area contributed by atoms with Gasteiger partial charge in [-0.05, 0) is 24.7 Å². The molecule has 0 radical (unpaired) electrons. The maximum Gasteiger partial charge on any atom is 0.292 e. The van der Waals surface area contributed by atoms with Crippen LogP contribution in [0.25, 0.3) is 0 Å². The third-order valence-electron chi connectivity index (χ3n) is 2.82. The molecule has 1 heterocycles. The van der Waals surface area contributed by atoms with E-state index in [4.69, 9.17) is 10.2 Å². The zero-order chi connectivity index (χ0) is 13.8. The Hall–Kier alpha value is -2.34. The summed E-state index contributed by atoms with van der Waals surface area (Å²) in [7, 11) is 1.90. The Bertz CT molecular complexity index is 567. The summed E-state index contributed by atoms with van der Waals surface area (Å²) in [4.78, 5) is 12.3. The van der Waals surface area contributed by atoms with Crippen molar-refractivity contribution < 1.29 is 9.34 Å². The highest BCUT2D eigenvalue weighted by molar-refractivity contribution is 5.62. The molecular weight excluding hydrogens is 246 g/mol. The van der Waals surface area contributed by atoms with Crippen molar-refractivity contribution in [3.63, 3.8) is 0 Å². The van der Waals surface area contributed by atoms with Gasteiger partial charge in [0.2, 0.25) is 0 Å². The van der Waals surface area contributed by atoms with Crippen LogP contribution in [0.4, 0.5) is 11.4 Å². The average molecular weight is 261 g/mol. The van der Waals surface area contributed by atoms with Gasteiger partial charge in [-0.2, -0.15) is 0 Å². The van der Waals surface area contributed by atoms with E-state index in [0.717, 1.165) is 11.3 Å². The third-order valence-corrected chi connectivity index (χ3v) is 2.82. The fourth-order valence-corrected chi connectivity index (χ4v) is 1.91. The van der Waals surface area contributed by atoms with Gasteiger partial charge in [-0.25, -0.2) is 0 Å². The molecule has 6 heteroatoms. The van der Waals surface area contributed by atoms with Gasteiger partial charge >= 0.3 is 0 Å². The molecule has 0 saturated carbocycles. The van der Waals surface area contributed by atoms with E-state index in [2.05, 4.69) is 0 Å². The van der Waals surface area contributed by atoms with Crippen LogP contribution in [0.2, 0.25) is 0 Å². The first-order valence-electron chi connectivity index (χ1n) is 5.80. The van der Waals surface area contributed by atoms with Gasteiger partial charge in [0, 0.05) is 12.6 Å². The van der Waals surface area contributed by atoms with Crippen molar-refractivity contribution in [2.45, 2.75) is 13.1 Å². The molecule has 0 aliphatic rings. The van der Waals surface area contributed by atoms with Crippen molar-refractivity contribution in [2.75, 3.05) is 12.8 Å². The number of nitrogens with two attached hydrogens (primary N) is 1. The first-order valence-corrected chi connectivity index (χ1v) is 5.80. The molecule has 0 unspecified atom stereocenters. The molecule has 0 bridgehead atoms. The first kappa shape index (κ1) is 13.1. The Balaban J connectivity index is 2.10. The van der Waals surface area contributed by atoms with Crippen LogP contribution in [0.5, 0.6) is 0 Å². The number of nitrogen functional groups attached to an aromatic ring is 1. The lowest BCUT2D eigenvalue weighted by Crippen LogP contribution is -2.18. The molecule has 0 aliphatic heterocycles. The molecule has 1 aromatic carbocycles. The third kappa shape index (κ3) is 3.11. The van der Waals surface area contributed by atoms with Gasteiger partial charge in [-0.3, -0.25) is 15.0 Å². The number of benzene rings is 1. The molecule has 19 heavy (non-hydrogen) atoms. The molecule has 0 atom stereocenters. The highest BCUT2D eigenvalue weighted by Crippen LogP contribution is 2.25. The van der Waals surface area contributed by atoms with Crippen molar-refractivity contribution in [3.8, 4) is 0 Å². The number of furan rings is 1. The van der Waals surface area contributed by atoms with Crippen molar-refractivity contribution in [2.24, 2.45) is 0 Å². The van der Waals surface area contributed by atoms with Gasteiger partial charge in [-0.1, -0.05) is 12.1 Å². The van der Waals surface area contributed by atoms with Gasteiger partial charge in [0.1, 0.15) is 11.4 Å². The van der Waals surface area contributed by atoms with Gasteiger partial charge in [-0.15, -0.1) is 0 Å². The first-order chi connectivity index (χ1) is 9.08. The molecule has 2 aromatic rings. The Morgan fingerprint density at radius 3 is 2.74 bits per heavy atom. The van der Waals surface area contributed by atoms with Gasteiger partial charge in [0.25, 0.3) is 5.69 Å². The van der Waals surface area contributed by atoms with E-state index in [1.54, 1.807) is 18.4 Å².